The number of carbonyl (C=O) groups is 1. The first-order valence-electron chi connectivity index (χ1n) is 8.88. The molecule has 0 saturated heterocycles. The van der Waals surface area contributed by atoms with Crippen molar-refractivity contribution in [1.82, 2.24) is 4.90 Å². The van der Waals surface area contributed by atoms with Crippen LogP contribution in [0.3, 0.4) is 0 Å². The third kappa shape index (κ3) is 3.18. The van der Waals surface area contributed by atoms with Crippen LogP contribution < -0.4 is 0 Å². The molecule has 0 spiro atoms. The Morgan fingerprint density at radius 3 is 1.74 bits per heavy atom. The Bertz CT molecular complexity index is 869. The molecule has 1 aliphatic carbocycles. The largest absolute Gasteiger partial charge is 0.319 e. The number of terminal acetylenes is 2. The van der Waals surface area contributed by atoms with Crippen molar-refractivity contribution in [3.63, 3.8) is 0 Å². The fraction of sp³-hybridized carbons (Fsp3) is 0.292. The van der Waals surface area contributed by atoms with Crippen molar-refractivity contribution in [2.75, 3.05) is 13.1 Å². The molecule has 0 N–H and O–H groups in total. The highest BCUT2D eigenvalue weighted by atomic mass is 79.9. The summed E-state index contributed by atoms with van der Waals surface area (Å²) >= 11 is 3.80. The molecule has 1 amide bonds. The van der Waals surface area contributed by atoms with Gasteiger partial charge in [0.05, 0.1) is 13.1 Å². The van der Waals surface area contributed by atoms with Gasteiger partial charge in [0, 0.05) is 5.41 Å². The number of aryl methyl sites for hydroxylation is 2. The summed E-state index contributed by atoms with van der Waals surface area (Å²) in [6.07, 6.45) is 11.6. The van der Waals surface area contributed by atoms with Crippen LogP contribution in [0.1, 0.15) is 28.7 Å². The monoisotopic (exact) mass is 419 g/mol. The molecule has 0 bridgehead atoms. The molecule has 0 aromatic heterocycles. The molecule has 2 nitrogen and oxygen atoms in total. The number of benzene rings is 2. The van der Waals surface area contributed by atoms with Crippen molar-refractivity contribution < 1.29 is 4.79 Å². The molecule has 2 aromatic carbocycles. The highest BCUT2D eigenvalue weighted by molar-refractivity contribution is 9.10. The van der Waals surface area contributed by atoms with Crippen molar-refractivity contribution >= 4 is 21.8 Å². The van der Waals surface area contributed by atoms with Gasteiger partial charge in [-0.2, -0.15) is 0 Å². The zero-order chi connectivity index (χ0) is 19.7. The first kappa shape index (κ1) is 19.3. The second kappa shape index (κ2) is 7.26. The smallest absolute Gasteiger partial charge is 0.242 e. The van der Waals surface area contributed by atoms with E-state index in [0.717, 1.165) is 11.1 Å². The Morgan fingerprint density at radius 1 is 0.963 bits per heavy atom. The SMILES string of the molecule is C#CCN(CC#C)C(=O)C1(Br)CC1(c1ccc(C)cc1)c1ccc(C)cc1. The maximum absolute atomic E-state index is 13.4. The van der Waals surface area contributed by atoms with E-state index in [0.29, 0.717) is 6.42 Å². The zero-order valence-corrected chi connectivity index (χ0v) is 17.2. The molecule has 0 aliphatic heterocycles. The Balaban J connectivity index is 2.09. The van der Waals surface area contributed by atoms with Crippen LogP contribution in [0.25, 0.3) is 0 Å². The number of amides is 1. The third-order valence-corrected chi connectivity index (χ3v) is 6.64. The number of carbonyl (C=O) groups excluding carboxylic acids is 1. The van der Waals surface area contributed by atoms with E-state index in [-0.39, 0.29) is 19.0 Å². The van der Waals surface area contributed by atoms with E-state index in [9.17, 15) is 4.79 Å². The summed E-state index contributed by atoms with van der Waals surface area (Å²) in [5.74, 6) is 5.03. The number of hydrogen-bond acceptors (Lipinski definition) is 1. The lowest BCUT2D eigenvalue weighted by Gasteiger charge is -2.27. The van der Waals surface area contributed by atoms with Crippen molar-refractivity contribution in [1.29, 1.82) is 0 Å². The summed E-state index contributed by atoms with van der Waals surface area (Å²) in [7, 11) is 0. The number of rotatable bonds is 5. The summed E-state index contributed by atoms with van der Waals surface area (Å²) in [4.78, 5) is 15.0. The van der Waals surface area contributed by atoms with Crippen molar-refractivity contribution in [2.24, 2.45) is 0 Å². The second-order valence-corrected chi connectivity index (χ2v) is 8.54. The number of halogens is 1. The molecule has 136 valence electrons. The van der Waals surface area contributed by atoms with E-state index in [1.165, 1.54) is 11.1 Å². The fourth-order valence-corrected chi connectivity index (χ4v) is 4.88. The zero-order valence-electron chi connectivity index (χ0n) is 15.6. The minimum Gasteiger partial charge on any atom is -0.319 e. The fourth-order valence-electron chi connectivity index (χ4n) is 3.75. The first-order valence-corrected chi connectivity index (χ1v) is 9.68. The number of hydrogen-bond donors (Lipinski definition) is 0. The van der Waals surface area contributed by atoms with Crippen molar-refractivity contribution in [2.45, 2.75) is 30.0 Å². The lowest BCUT2D eigenvalue weighted by molar-refractivity contribution is -0.130. The number of alkyl halides is 1. The topological polar surface area (TPSA) is 20.3 Å². The summed E-state index contributed by atoms with van der Waals surface area (Å²) in [6, 6.07) is 16.8. The molecule has 2 aromatic rings. The van der Waals surface area contributed by atoms with Crippen LogP contribution in [0.15, 0.2) is 48.5 Å². The molecule has 1 fully saturated rings. The standard InChI is InChI=1S/C24H22BrNO/c1-5-15-26(16-6-2)22(27)24(25)17-23(24,20-11-7-18(3)8-12-20)21-13-9-19(4)10-14-21/h1-2,7-14H,15-17H2,3-4H3. The quantitative estimate of drug-likeness (QED) is 0.524. The van der Waals surface area contributed by atoms with Gasteiger partial charge in [-0.15, -0.1) is 12.8 Å². The molecular formula is C24H22BrNO. The molecular weight excluding hydrogens is 398 g/mol. The van der Waals surface area contributed by atoms with E-state index in [2.05, 4.69) is 90.1 Å². The summed E-state index contributed by atoms with van der Waals surface area (Å²) < 4.78 is -0.752. The third-order valence-electron chi connectivity index (χ3n) is 5.34. The molecule has 0 radical (unpaired) electrons. The van der Waals surface area contributed by atoms with Crippen molar-refractivity contribution in [3.8, 4) is 24.7 Å². The van der Waals surface area contributed by atoms with Crippen LogP contribution in [0.5, 0.6) is 0 Å². The molecule has 1 unspecified atom stereocenters. The van der Waals surface area contributed by atoms with Gasteiger partial charge >= 0.3 is 0 Å². The molecule has 1 atom stereocenters. The maximum atomic E-state index is 13.4. The van der Waals surface area contributed by atoms with Gasteiger partial charge in [-0.1, -0.05) is 87.4 Å². The Hall–Kier alpha value is -2.49. The minimum atomic E-state index is -0.752. The Labute approximate surface area is 170 Å². The van der Waals surface area contributed by atoms with E-state index >= 15 is 0 Å². The van der Waals surface area contributed by atoms with E-state index in [1.807, 2.05) is 0 Å². The average molecular weight is 420 g/mol. The van der Waals surface area contributed by atoms with Crippen LogP contribution in [-0.2, 0) is 10.2 Å². The average Bonchev–Trinajstić information content (AvgIpc) is 3.30. The molecule has 3 heteroatoms. The molecule has 1 aliphatic rings. The molecule has 27 heavy (non-hydrogen) atoms. The van der Waals surface area contributed by atoms with Crippen LogP contribution in [0.4, 0.5) is 0 Å². The van der Waals surface area contributed by atoms with Gasteiger partial charge in [0.15, 0.2) is 0 Å². The lowest BCUT2D eigenvalue weighted by Crippen LogP contribution is -2.42. The van der Waals surface area contributed by atoms with E-state index in [1.54, 1.807) is 4.90 Å². The van der Waals surface area contributed by atoms with Gasteiger partial charge in [-0.3, -0.25) is 4.79 Å². The van der Waals surface area contributed by atoms with Gasteiger partial charge < -0.3 is 4.90 Å². The molecule has 0 heterocycles. The van der Waals surface area contributed by atoms with Gasteiger partial charge in [-0.05, 0) is 31.4 Å². The lowest BCUT2D eigenvalue weighted by atomic mass is 9.84. The predicted octanol–water partition coefficient (Wildman–Crippen LogP) is 4.22. The summed E-state index contributed by atoms with van der Waals surface area (Å²) in [5.41, 5.74) is 4.16. The maximum Gasteiger partial charge on any atom is 0.242 e. The van der Waals surface area contributed by atoms with Crippen LogP contribution in [0, 0.1) is 38.5 Å². The normalized spacial score (nSPS) is 19.6. The van der Waals surface area contributed by atoms with Crippen LogP contribution in [0.2, 0.25) is 0 Å². The Kier molecular flexibility index (Phi) is 5.18. The van der Waals surface area contributed by atoms with Crippen molar-refractivity contribution in [3.05, 3.63) is 70.8 Å². The van der Waals surface area contributed by atoms with E-state index < -0.39 is 9.74 Å². The predicted molar refractivity (Wildman–Crippen MR) is 114 cm³/mol. The number of nitrogens with zero attached hydrogens (tertiary/aromatic N) is 1. The van der Waals surface area contributed by atoms with Gasteiger partial charge in [-0.25, -0.2) is 0 Å². The Morgan fingerprint density at radius 2 is 1.37 bits per heavy atom. The summed E-state index contributed by atoms with van der Waals surface area (Å²) in [6.45, 7) is 4.52. The van der Waals surface area contributed by atoms with Crippen LogP contribution >= 0.6 is 15.9 Å². The van der Waals surface area contributed by atoms with Gasteiger partial charge in [0.25, 0.3) is 0 Å². The van der Waals surface area contributed by atoms with Crippen LogP contribution in [-0.4, -0.2) is 28.2 Å². The van der Waals surface area contributed by atoms with Gasteiger partial charge in [0.2, 0.25) is 5.91 Å². The summed E-state index contributed by atoms with van der Waals surface area (Å²) in [5, 5.41) is 0. The van der Waals surface area contributed by atoms with Gasteiger partial charge in [0.1, 0.15) is 4.32 Å². The highest BCUT2D eigenvalue weighted by Gasteiger charge is 2.72. The highest BCUT2D eigenvalue weighted by Crippen LogP contribution is 2.67. The minimum absolute atomic E-state index is 0.0560. The molecule has 3 rings (SSSR count). The second-order valence-electron chi connectivity index (χ2n) is 7.18. The van der Waals surface area contributed by atoms with E-state index in [4.69, 9.17) is 12.8 Å². The first-order chi connectivity index (χ1) is 12.9. The molecule has 1 saturated carbocycles.